The minimum atomic E-state index is -0.746. The molecule has 11 heteroatoms. The van der Waals surface area contributed by atoms with Crippen LogP contribution in [0, 0.1) is 6.92 Å². The first-order valence-electron chi connectivity index (χ1n) is 15.0. The molecule has 2 aromatic carbocycles. The Morgan fingerprint density at radius 1 is 1.02 bits per heavy atom. The molecule has 226 valence electrons. The number of carbonyl (C=O) groups is 2. The van der Waals surface area contributed by atoms with Crippen LogP contribution in [-0.4, -0.2) is 90.2 Å². The van der Waals surface area contributed by atoms with Crippen molar-refractivity contribution in [3.05, 3.63) is 74.8 Å². The zero-order chi connectivity index (χ0) is 29.9. The lowest BCUT2D eigenvalue weighted by molar-refractivity contribution is -0.135. The predicted octanol–water partition coefficient (Wildman–Crippen LogP) is 3.24. The molecule has 1 unspecified atom stereocenters. The molecule has 0 bridgehead atoms. The number of imide groups is 1. The van der Waals surface area contributed by atoms with Gasteiger partial charge < -0.3 is 10.1 Å². The molecule has 0 saturated carbocycles. The molecule has 4 heterocycles. The summed E-state index contributed by atoms with van der Waals surface area (Å²) in [5.74, 6) is -0.315. The number of anilines is 1. The standard InChI is InChI=1S/C32H37ClN6O4/c1-21-35-27-4-2-3-26(30(27)32(42)39(21)28-9-10-29(40)36-31(28)41)34-12-13-37-14-16-38(17-15-37)19-23-20-43-18-11-25(23)22-5-7-24(33)8-6-22/h2-8,28,34H,9-20H2,1H3,(H,36,40,41). The maximum Gasteiger partial charge on any atom is 0.264 e. The fourth-order valence-electron chi connectivity index (χ4n) is 6.36. The second-order valence-corrected chi connectivity index (χ2v) is 11.9. The summed E-state index contributed by atoms with van der Waals surface area (Å²) in [6, 6.07) is 12.9. The van der Waals surface area contributed by atoms with E-state index < -0.39 is 11.9 Å². The Morgan fingerprint density at radius 3 is 2.56 bits per heavy atom. The first-order valence-corrected chi connectivity index (χ1v) is 15.3. The van der Waals surface area contributed by atoms with Gasteiger partial charge in [-0.15, -0.1) is 0 Å². The number of benzene rings is 2. The molecule has 0 aliphatic carbocycles. The number of ether oxygens (including phenoxy) is 1. The Bertz CT molecular complexity index is 1610. The third-order valence-electron chi connectivity index (χ3n) is 8.64. The number of piperazine rings is 1. The van der Waals surface area contributed by atoms with Crippen molar-refractivity contribution in [2.75, 3.05) is 64.3 Å². The SMILES string of the molecule is Cc1nc2cccc(NCCN3CCN(CC4=C(c5ccc(Cl)cc5)CCOC4)CC3)c2c(=O)n1C1CCC(=O)NC1=O. The number of piperidine rings is 1. The molecule has 2 saturated heterocycles. The second-order valence-electron chi connectivity index (χ2n) is 11.4. The van der Waals surface area contributed by atoms with Crippen LogP contribution in [0.5, 0.6) is 0 Å². The molecule has 3 aromatic rings. The van der Waals surface area contributed by atoms with Crippen LogP contribution in [0.1, 0.15) is 36.7 Å². The van der Waals surface area contributed by atoms with Crippen molar-refractivity contribution in [3.63, 3.8) is 0 Å². The Balaban J connectivity index is 1.07. The minimum absolute atomic E-state index is 0.197. The van der Waals surface area contributed by atoms with Crippen LogP contribution in [0.4, 0.5) is 5.69 Å². The zero-order valence-corrected chi connectivity index (χ0v) is 25.2. The van der Waals surface area contributed by atoms with E-state index in [9.17, 15) is 14.4 Å². The van der Waals surface area contributed by atoms with Crippen molar-refractivity contribution in [3.8, 4) is 0 Å². The number of rotatable bonds is 8. The molecule has 1 atom stereocenters. The van der Waals surface area contributed by atoms with E-state index in [4.69, 9.17) is 16.3 Å². The smallest absolute Gasteiger partial charge is 0.264 e. The number of amides is 2. The van der Waals surface area contributed by atoms with E-state index in [1.165, 1.54) is 21.3 Å². The molecule has 2 amide bonds. The van der Waals surface area contributed by atoms with Gasteiger partial charge in [0.25, 0.3) is 5.56 Å². The molecule has 10 nitrogen and oxygen atoms in total. The maximum absolute atomic E-state index is 13.7. The summed E-state index contributed by atoms with van der Waals surface area (Å²) < 4.78 is 7.25. The van der Waals surface area contributed by atoms with Gasteiger partial charge in [0.2, 0.25) is 11.8 Å². The van der Waals surface area contributed by atoms with Crippen LogP contribution in [-0.2, 0) is 14.3 Å². The number of hydrogen-bond donors (Lipinski definition) is 2. The molecule has 3 aliphatic heterocycles. The number of nitrogens with one attached hydrogen (secondary N) is 2. The number of nitrogens with zero attached hydrogens (tertiary/aromatic N) is 4. The van der Waals surface area contributed by atoms with E-state index in [1.807, 2.05) is 30.3 Å². The van der Waals surface area contributed by atoms with E-state index in [2.05, 4.69) is 37.6 Å². The van der Waals surface area contributed by atoms with Crippen molar-refractivity contribution in [1.82, 2.24) is 24.7 Å². The quantitative estimate of drug-likeness (QED) is 0.377. The lowest BCUT2D eigenvalue weighted by Crippen LogP contribution is -2.48. The van der Waals surface area contributed by atoms with E-state index in [-0.39, 0.29) is 24.3 Å². The summed E-state index contributed by atoms with van der Waals surface area (Å²) >= 11 is 6.11. The first kappa shape index (κ1) is 29.5. The number of carbonyl (C=O) groups excluding carboxylic acids is 2. The van der Waals surface area contributed by atoms with Crippen LogP contribution in [0.3, 0.4) is 0 Å². The second kappa shape index (κ2) is 13.0. The predicted molar refractivity (Wildman–Crippen MR) is 167 cm³/mol. The van der Waals surface area contributed by atoms with Crippen LogP contribution in [0.2, 0.25) is 5.02 Å². The summed E-state index contributed by atoms with van der Waals surface area (Å²) in [5, 5.41) is 7.01. The summed E-state index contributed by atoms with van der Waals surface area (Å²) in [7, 11) is 0. The molecule has 43 heavy (non-hydrogen) atoms. The fraction of sp³-hybridized carbons (Fsp3) is 0.438. The average molecular weight is 605 g/mol. The molecular weight excluding hydrogens is 568 g/mol. The van der Waals surface area contributed by atoms with Gasteiger partial charge in [-0.1, -0.05) is 29.8 Å². The molecular formula is C32H37ClN6O4. The van der Waals surface area contributed by atoms with E-state index in [0.29, 0.717) is 35.6 Å². The van der Waals surface area contributed by atoms with Crippen LogP contribution >= 0.6 is 11.6 Å². The Labute approximate surface area is 255 Å². The summed E-state index contributed by atoms with van der Waals surface area (Å²) in [4.78, 5) is 47.4. The number of hydrogen-bond acceptors (Lipinski definition) is 8. The zero-order valence-electron chi connectivity index (χ0n) is 24.4. The normalized spacial score (nSPS) is 20.5. The van der Waals surface area contributed by atoms with Gasteiger partial charge >= 0.3 is 0 Å². The summed E-state index contributed by atoms with van der Waals surface area (Å²) in [6.45, 7) is 9.45. The average Bonchev–Trinajstić information content (AvgIpc) is 3.00. The van der Waals surface area contributed by atoms with Gasteiger partial charge in [-0.2, -0.15) is 0 Å². The summed E-state index contributed by atoms with van der Waals surface area (Å²) in [6.07, 6.45) is 1.40. The fourth-order valence-corrected chi connectivity index (χ4v) is 6.49. The van der Waals surface area contributed by atoms with E-state index in [1.54, 1.807) is 6.92 Å². The topological polar surface area (TPSA) is 109 Å². The highest BCUT2D eigenvalue weighted by atomic mass is 35.5. The molecule has 6 rings (SSSR count). The molecule has 3 aliphatic rings. The third kappa shape index (κ3) is 6.52. The van der Waals surface area contributed by atoms with Crippen molar-refractivity contribution in [1.29, 1.82) is 0 Å². The molecule has 2 N–H and O–H groups in total. The minimum Gasteiger partial charge on any atom is -0.383 e. The molecule has 2 fully saturated rings. The third-order valence-corrected chi connectivity index (χ3v) is 8.89. The number of fused-ring (bicyclic) bond motifs is 1. The number of halogens is 1. The van der Waals surface area contributed by atoms with Crippen molar-refractivity contribution < 1.29 is 14.3 Å². The lowest BCUT2D eigenvalue weighted by atomic mass is 9.95. The van der Waals surface area contributed by atoms with Crippen LogP contribution < -0.4 is 16.2 Å². The van der Waals surface area contributed by atoms with E-state index in [0.717, 1.165) is 57.3 Å². The highest BCUT2D eigenvalue weighted by Crippen LogP contribution is 2.28. The molecule has 1 aromatic heterocycles. The molecule has 0 spiro atoms. The highest BCUT2D eigenvalue weighted by molar-refractivity contribution is 6.30. The van der Waals surface area contributed by atoms with Gasteiger partial charge in [-0.25, -0.2) is 4.98 Å². The van der Waals surface area contributed by atoms with Gasteiger partial charge in [0, 0.05) is 62.9 Å². The monoisotopic (exact) mass is 604 g/mol. The highest BCUT2D eigenvalue weighted by Gasteiger charge is 2.31. The Morgan fingerprint density at radius 2 is 1.79 bits per heavy atom. The van der Waals surface area contributed by atoms with Crippen molar-refractivity contribution in [2.24, 2.45) is 0 Å². The van der Waals surface area contributed by atoms with Gasteiger partial charge in [-0.05, 0) is 60.7 Å². The summed E-state index contributed by atoms with van der Waals surface area (Å²) in [5.41, 5.74) is 4.98. The van der Waals surface area contributed by atoms with Gasteiger partial charge in [0.15, 0.2) is 0 Å². The Kier molecular flexibility index (Phi) is 8.90. The van der Waals surface area contributed by atoms with Crippen LogP contribution in [0.25, 0.3) is 16.5 Å². The van der Waals surface area contributed by atoms with E-state index >= 15 is 0 Å². The van der Waals surface area contributed by atoms with Crippen molar-refractivity contribution in [2.45, 2.75) is 32.2 Å². The number of aryl methyl sites for hydroxylation is 1. The van der Waals surface area contributed by atoms with Gasteiger partial charge in [-0.3, -0.25) is 34.1 Å². The maximum atomic E-state index is 13.7. The van der Waals surface area contributed by atoms with Gasteiger partial charge in [0.1, 0.15) is 11.9 Å². The molecule has 0 radical (unpaired) electrons. The largest absolute Gasteiger partial charge is 0.383 e. The lowest BCUT2D eigenvalue weighted by Gasteiger charge is -2.36. The first-order chi connectivity index (χ1) is 20.9. The van der Waals surface area contributed by atoms with Crippen molar-refractivity contribution >= 4 is 45.6 Å². The Hall–Kier alpha value is -3.57. The van der Waals surface area contributed by atoms with Gasteiger partial charge in [0.05, 0.1) is 24.1 Å². The van der Waals surface area contributed by atoms with Crippen LogP contribution in [0.15, 0.2) is 52.8 Å². The number of aromatic nitrogens is 2.